The minimum absolute atomic E-state index is 0.387. The number of rotatable bonds is 0. The van der Waals surface area contributed by atoms with Crippen LogP contribution in [-0.2, 0) is 0 Å². The second kappa shape index (κ2) is 1.82. The Morgan fingerprint density at radius 1 is 1.36 bits per heavy atom. The molecule has 0 aromatic heterocycles. The molecule has 3 aliphatic rings. The van der Waals surface area contributed by atoms with Crippen molar-refractivity contribution in [1.29, 1.82) is 0 Å². The monoisotopic (exact) mass is 153 g/mol. The number of fused-ring (bicyclic) bond motifs is 2. The fraction of sp³-hybridized carbons (Fsp3) is 0.900. The first-order chi connectivity index (χ1) is 4.94. The summed E-state index contributed by atoms with van der Waals surface area (Å²) in [6.07, 6.45) is 4.43. The highest BCUT2D eigenvalue weighted by atomic mass is 16.3. The van der Waals surface area contributed by atoms with E-state index in [0.717, 1.165) is 12.3 Å². The highest BCUT2D eigenvalue weighted by Crippen LogP contribution is 2.62. The average molecular weight is 153 g/mol. The second-order valence-corrected chi connectivity index (χ2v) is 4.97. The van der Waals surface area contributed by atoms with Gasteiger partial charge in [-0.2, -0.15) is 0 Å². The first-order valence-electron chi connectivity index (χ1n) is 4.51. The lowest BCUT2D eigenvalue weighted by Gasteiger charge is -2.62. The van der Waals surface area contributed by atoms with Crippen LogP contribution in [0.15, 0.2) is 0 Å². The van der Waals surface area contributed by atoms with Crippen LogP contribution in [0.25, 0.3) is 0 Å². The van der Waals surface area contributed by atoms with Gasteiger partial charge in [0.2, 0.25) is 0 Å². The third kappa shape index (κ3) is 0.807. The molecule has 3 atom stereocenters. The highest BCUT2D eigenvalue weighted by molar-refractivity contribution is 5.15. The largest absolute Gasteiger partial charge is 0.390 e. The summed E-state index contributed by atoms with van der Waals surface area (Å²) in [6, 6.07) is 0. The Morgan fingerprint density at radius 3 is 2.27 bits per heavy atom. The van der Waals surface area contributed by atoms with Gasteiger partial charge in [-0.25, -0.2) is 0 Å². The Labute approximate surface area is 68.8 Å². The summed E-state index contributed by atoms with van der Waals surface area (Å²) in [4.78, 5) is 0. The maximum atomic E-state index is 9.96. The lowest BCUT2D eigenvalue weighted by Crippen LogP contribution is -2.60. The van der Waals surface area contributed by atoms with Crippen LogP contribution < -0.4 is 0 Å². The summed E-state index contributed by atoms with van der Waals surface area (Å²) in [5.74, 6) is 1.35. The van der Waals surface area contributed by atoms with Crippen molar-refractivity contribution in [2.75, 3.05) is 0 Å². The second-order valence-electron chi connectivity index (χ2n) is 4.97. The number of hydrogen-bond donors (Lipinski definition) is 1. The third-order valence-electron chi connectivity index (χ3n) is 3.99. The van der Waals surface area contributed by atoms with Gasteiger partial charge in [-0.3, -0.25) is 0 Å². The predicted molar refractivity (Wildman–Crippen MR) is 44.9 cm³/mol. The molecule has 3 rings (SSSR count). The van der Waals surface area contributed by atoms with E-state index in [1.807, 2.05) is 6.92 Å². The van der Waals surface area contributed by atoms with Crippen molar-refractivity contribution in [2.45, 2.75) is 39.2 Å². The van der Waals surface area contributed by atoms with Crippen LogP contribution in [0.5, 0.6) is 0 Å². The van der Waals surface area contributed by atoms with Gasteiger partial charge in [0.15, 0.2) is 0 Å². The molecule has 3 saturated carbocycles. The molecule has 3 fully saturated rings. The molecule has 0 aliphatic heterocycles. The van der Waals surface area contributed by atoms with Gasteiger partial charge in [-0.05, 0) is 43.4 Å². The quantitative estimate of drug-likeness (QED) is 0.564. The first kappa shape index (κ1) is 7.60. The summed E-state index contributed by atoms with van der Waals surface area (Å²) in [5, 5.41) is 9.96. The van der Waals surface area contributed by atoms with Gasteiger partial charge in [0.1, 0.15) is 0 Å². The average Bonchev–Trinajstić information content (AvgIpc) is 1.84. The molecule has 0 saturated heterocycles. The van der Waals surface area contributed by atoms with Crippen molar-refractivity contribution in [3.63, 3.8) is 0 Å². The van der Waals surface area contributed by atoms with E-state index in [2.05, 4.69) is 20.3 Å². The lowest BCUT2D eigenvalue weighted by molar-refractivity contribution is -0.163. The van der Waals surface area contributed by atoms with Gasteiger partial charge in [0.05, 0.1) is 5.60 Å². The number of hydrogen-bond acceptors (Lipinski definition) is 1. The Bertz CT molecular complexity index is 171. The van der Waals surface area contributed by atoms with Crippen LogP contribution in [0.1, 0.15) is 33.6 Å². The topological polar surface area (TPSA) is 20.2 Å². The molecule has 2 bridgehead atoms. The maximum Gasteiger partial charge on any atom is 0.0684 e. The van der Waals surface area contributed by atoms with E-state index in [-0.39, 0.29) is 0 Å². The molecule has 0 aromatic carbocycles. The summed E-state index contributed by atoms with van der Waals surface area (Å²) < 4.78 is 0. The highest BCUT2D eigenvalue weighted by Gasteiger charge is 2.58. The van der Waals surface area contributed by atoms with E-state index < -0.39 is 5.60 Å². The lowest BCUT2D eigenvalue weighted by atomic mass is 9.44. The van der Waals surface area contributed by atoms with E-state index in [9.17, 15) is 5.11 Å². The molecule has 1 heteroatoms. The summed E-state index contributed by atoms with van der Waals surface area (Å²) in [5.41, 5.74) is -0.101. The Balaban J connectivity index is 2.23. The van der Waals surface area contributed by atoms with Gasteiger partial charge in [0, 0.05) is 0 Å². The van der Waals surface area contributed by atoms with E-state index in [1.54, 1.807) is 0 Å². The maximum absolute atomic E-state index is 9.96. The van der Waals surface area contributed by atoms with E-state index >= 15 is 0 Å². The molecule has 1 N–H and O–H groups in total. The molecular formula is C10H17O. The molecule has 1 radical (unpaired) electrons. The Kier molecular flexibility index (Phi) is 1.26. The SMILES string of the molecule is CC1(O)[CH]CC2CC1C2(C)C. The van der Waals surface area contributed by atoms with Crippen LogP contribution in [0.3, 0.4) is 0 Å². The van der Waals surface area contributed by atoms with Crippen molar-refractivity contribution in [2.24, 2.45) is 17.3 Å². The van der Waals surface area contributed by atoms with Gasteiger partial charge in [-0.15, -0.1) is 0 Å². The van der Waals surface area contributed by atoms with Crippen molar-refractivity contribution in [1.82, 2.24) is 0 Å². The summed E-state index contributed by atoms with van der Waals surface area (Å²) >= 11 is 0. The normalized spacial score (nSPS) is 53.5. The van der Waals surface area contributed by atoms with Crippen molar-refractivity contribution < 1.29 is 5.11 Å². The Morgan fingerprint density at radius 2 is 2.00 bits per heavy atom. The minimum atomic E-state index is -0.488. The van der Waals surface area contributed by atoms with Crippen molar-refractivity contribution in [3.8, 4) is 0 Å². The molecular weight excluding hydrogens is 136 g/mol. The zero-order valence-corrected chi connectivity index (χ0v) is 7.59. The fourth-order valence-electron chi connectivity index (χ4n) is 2.93. The van der Waals surface area contributed by atoms with Crippen LogP contribution in [0.2, 0.25) is 0 Å². The molecule has 0 spiro atoms. The zero-order valence-electron chi connectivity index (χ0n) is 7.59. The van der Waals surface area contributed by atoms with Gasteiger partial charge < -0.3 is 5.11 Å². The third-order valence-corrected chi connectivity index (χ3v) is 3.99. The molecule has 11 heavy (non-hydrogen) atoms. The minimum Gasteiger partial charge on any atom is -0.390 e. The Hall–Kier alpha value is -0.0400. The van der Waals surface area contributed by atoms with E-state index in [1.165, 1.54) is 6.42 Å². The van der Waals surface area contributed by atoms with Crippen LogP contribution in [-0.4, -0.2) is 10.7 Å². The van der Waals surface area contributed by atoms with Gasteiger partial charge in [-0.1, -0.05) is 13.8 Å². The molecule has 0 aromatic rings. The zero-order chi connectivity index (χ0) is 8.28. The molecule has 3 aliphatic carbocycles. The van der Waals surface area contributed by atoms with Gasteiger partial charge in [0.25, 0.3) is 0 Å². The first-order valence-corrected chi connectivity index (χ1v) is 4.51. The van der Waals surface area contributed by atoms with Crippen LogP contribution in [0, 0.1) is 23.7 Å². The van der Waals surface area contributed by atoms with Crippen LogP contribution >= 0.6 is 0 Å². The molecule has 0 heterocycles. The van der Waals surface area contributed by atoms with Gasteiger partial charge >= 0.3 is 0 Å². The molecule has 1 nitrogen and oxygen atoms in total. The number of aliphatic hydroxyl groups is 1. The molecule has 0 amide bonds. The smallest absolute Gasteiger partial charge is 0.0684 e. The predicted octanol–water partition coefficient (Wildman–Crippen LogP) is 2.01. The fourth-order valence-corrected chi connectivity index (χ4v) is 2.93. The molecule has 63 valence electrons. The summed E-state index contributed by atoms with van der Waals surface area (Å²) in [6.45, 7) is 6.52. The summed E-state index contributed by atoms with van der Waals surface area (Å²) in [7, 11) is 0. The van der Waals surface area contributed by atoms with Crippen molar-refractivity contribution >= 4 is 0 Å². The van der Waals surface area contributed by atoms with E-state index in [4.69, 9.17) is 0 Å². The molecule has 3 unspecified atom stereocenters. The van der Waals surface area contributed by atoms with Crippen LogP contribution in [0.4, 0.5) is 0 Å². The van der Waals surface area contributed by atoms with Crippen molar-refractivity contribution in [3.05, 3.63) is 6.42 Å². The van der Waals surface area contributed by atoms with E-state index in [0.29, 0.717) is 11.3 Å². The standard InChI is InChI=1S/C10H17O/c1-9(2)7-4-5-10(3,11)8(9)6-7/h5,7-8,11H,4,6H2,1-3H3.